The van der Waals surface area contributed by atoms with Crippen LogP contribution in [0.1, 0.15) is 36.3 Å². The largest absolute Gasteiger partial charge is 0.313 e. The van der Waals surface area contributed by atoms with Crippen LogP contribution >= 0.6 is 15.9 Å². The Kier molecular flexibility index (Phi) is 2.57. The lowest BCUT2D eigenvalue weighted by molar-refractivity contribution is 0.575. The van der Waals surface area contributed by atoms with Crippen molar-refractivity contribution in [3.8, 4) is 0 Å². The molecule has 0 aliphatic heterocycles. The molecule has 0 spiro atoms. The second-order valence-corrected chi connectivity index (χ2v) is 5.59. The van der Waals surface area contributed by atoms with Gasteiger partial charge in [-0.1, -0.05) is 28.1 Å². The Hall–Kier alpha value is -0.340. The van der Waals surface area contributed by atoms with Crippen molar-refractivity contribution in [1.82, 2.24) is 5.32 Å². The number of fused-ring (bicyclic) bond motifs is 1. The van der Waals surface area contributed by atoms with Crippen molar-refractivity contribution in [1.29, 1.82) is 0 Å². The molecule has 1 N–H and O–H groups in total. The molecule has 1 aromatic rings. The van der Waals surface area contributed by atoms with E-state index in [1.165, 1.54) is 36.7 Å². The van der Waals surface area contributed by atoms with E-state index in [4.69, 9.17) is 0 Å². The molecule has 1 fully saturated rings. The number of rotatable bonds is 3. The molecular weight excluding hydrogens is 250 g/mol. The molecule has 2 aliphatic carbocycles. The van der Waals surface area contributed by atoms with Crippen LogP contribution in [-0.2, 0) is 6.42 Å². The molecule has 1 aromatic carbocycles. The maximum Gasteiger partial charge on any atom is 0.0213 e. The Bertz CT molecular complexity index is 371. The van der Waals surface area contributed by atoms with Crippen molar-refractivity contribution in [2.75, 3.05) is 6.54 Å². The summed E-state index contributed by atoms with van der Waals surface area (Å²) in [6, 6.07) is 7.43. The van der Waals surface area contributed by atoms with E-state index in [0.29, 0.717) is 0 Å². The van der Waals surface area contributed by atoms with Crippen LogP contribution in [0.25, 0.3) is 0 Å². The van der Waals surface area contributed by atoms with Crippen molar-refractivity contribution in [3.63, 3.8) is 0 Å². The van der Waals surface area contributed by atoms with Gasteiger partial charge in [0.15, 0.2) is 0 Å². The molecule has 1 atom stereocenters. The van der Waals surface area contributed by atoms with Crippen LogP contribution in [0.15, 0.2) is 22.7 Å². The van der Waals surface area contributed by atoms with Gasteiger partial charge in [-0.15, -0.1) is 0 Å². The van der Waals surface area contributed by atoms with Gasteiger partial charge in [-0.2, -0.15) is 0 Å². The zero-order valence-electron chi connectivity index (χ0n) is 8.80. The predicted octanol–water partition coefficient (Wildman–Crippen LogP) is 3.23. The lowest BCUT2D eigenvalue weighted by atomic mass is 10.0. The Morgan fingerprint density at radius 2 is 2.13 bits per heavy atom. The van der Waals surface area contributed by atoms with Crippen LogP contribution in [0.3, 0.4) is 0 Å². The molecule has 1 saturated carbocycles. The van der Waals surface area contributed by atoms with E-state index in [9.17, 15) is 0 Å². The highest BCUT2D eigenvalue weighted by atomic mass is 79.9. The average Bonchev–Trinajstić information content (AvgIpc) is 2.96. The minimum absolute atomic E-state index is 0.733. The van der Waals surface area contributed by atoms with Crippen LogP contribution in [0.4, 0.5) is 0 Å². The molecule has 0 bridgehead atoms. The molecule has 0 amide bonds. The highest BCUT2D eigenvalue weighted by Gasteiger charge is 2.27. The van der Waals surface area contributed by atoms with E-state index >= 15 is 0 Å². The highest BCUT2D eigenvalue weighted by Crippen LogP contribution is 2.38. The standard InChI is InChI=1S/C13H16BrN/c14-12-3-1-2-9-4-5-10(13(9)12)8-15-11-6-7-11/h1-3,10-11,15H,4-8H2. The predicted molar refractivity (Wildman–Crippen MR) is 66.2 cm³/mol. The lowest BCUT2D eigenvalue weighted by Crippen LogP contribution is -2.22. The van der Waals surface area contributed by atoms with Gasteiger partial charge >= 0.3 is 0 Å². The fourth-order valence-electron chi connectivity index (χ4n) is 2.53. The van der Waals surface area contributed by atoms with Gasteiger partial charge in [-0.25, -0.2) is 0 Å². The summed E-state index contributed by atoms with van der Waals surface area (Å²) in [4.78, 5) is 0. The molecule has 80 valence electrons. The van der Waals surface area contributed by atoms with E-state index in [1.807, 2.05) is 0 Å². The Labute approximate surface area is 99.4 Å². The van der Waals surface area contributed by atoms with Gasteiger partial charge < -0.3 is 5.32 Å². The van der Waals surface area contributed by atoms with Gasteiger partial charge in [0.05, 0.1) is 0 Å². The summed E-state index contributed by atoms with van der Waals surface area (Å²) >= 11 is 3.68. The quantitative estimate of drug-likeness (QED) is 0.885. The summed E-state index contributed by atoms with van der Waals surface area (Å²) in [6.45, 7) is 1.17. The van der Waals surface area contributed by atoms with Crippen molar-refractivity contribution >= 4 is 15.9 Å². The molecule has 0 radical (unpaired) electrons. The van der Waals surface area contributed by atoms with Gasteiger partial charge in [-0.05, 0) is 48.8 Å². The fourth-order valence-corrected chi connectivity index (χ4v) is 3.26. The van der Waals surface area contributed by atoms with Gasteiger partial charge in [0.25, 0.3) is 0 Å². The Balaban J connectivity index is 1.77. The van der Waals surface area contributed by atoms with E-state index < -0.39 is 0 Å². The number of hydrogen-bond donors (Lipinski definition) is 1. The molecule has 0 aromatic heterocycles. The fraction of sp³-hybridized carbons (Fsp3) is 0.538. The molecule has 1 unspecified atom stereocenters. The minimum Gasteiger partial charge on any atom is -0.313 e. The first kappa shape index (κ1) is 9.86. The normalized spacial score (nSPS) is 24.2. The van der Waals surface area contributed by atoms with Crippen LogP contribution < -0.4 is 5.32 Å². The minimum atomic E-state index is 0.733. The number of aryl methyl sites for hydroxylation is 1. The zero-order valence-corrected chi connectivity index (χ0v) is 10.4. The molecule has 1 nitrogen and oxygen atoms in total. The summed E-state index contributed by atoms with van der Waals surface area (Å²) in [6.07, 6.45) is 5.34. The summed E-state index contributed by atoms with van der Waals surface area (Å²) < 4.78 is 1.31. The maximum absolute atomic E-state index is 3.68. The summed E-state index contributed by atoms with van der Waals surface area (Å²) in [5.41, 5.74) is 3.11. The molecule has 0 heterocycles. The molecule has 15 heavy (non-hydrogen) atoms. The highest BCUT2D eigenvalue weighted by molar-refractivity contribution is 9.10. The number of nitrogens with one attached hydrogen (secondary N) is 1. The van der Waals surface area contributed by atoms with Crippen molar-refractivity contribution in [2.24, 2.45) is 0 Å². The van der Waals surface area contributed by atoms with Crippen LogP contribution in [-0.4, -0.2) is 12.6 Å². The maximum atomic E-state index is 3.68. The summed E-state index contributed by atoms with van der Waals surface area (Å²) in [7, 11) is 0. The molecule has 2 heteroatoms. The Morgan fingerprint density at radius 1 is 1.27 bits per heavy atom. The van der Waals surface area contributed by atoms with E-state index in [0.717, 1.165) is 12.0 Å². The van der Waals surface area contributed by atoms with E-state index in [2.05, 4.69) is 39.4 Å². The number of benzene rings is 1. The van der Waals surface area contributed by atoms with Gasteiger partial charge in [0.1, 0.15) is 0 Å². The van der Waals surface area contributed by atoms with Crippen molar-refractivity contribution < 1.29 is 0 Å². The Morgan fingerprint density at radius 3 is 2.93 bits per heavy atom. The van der Waals surface area contributed by atoms with Gasteiger partial charge in [-0.3, -0.25) is 0 Å². The van der Waals surface area contributed by atoms with Crippen LogP contribution in [0.2, 0.25) is 0 Å². The van der Waals surface area contributed by atoms with E-state index in [1.54, 1.807) is 11.1 Å². The first-order chi connectivity index (χ1) is 7.34. The third-order valence-electron chi connectivity index (χ3n) is 3.54. The van der Waals surface area contributed by atoms with Crippen LogP contribution in [0, 0.1) is 0 Å². The second kappa shape index (κ2) is 3.91. The topological polar surface area (TPSA) is 12.0 Å². The molecule has 2 aliphatic rings. The number of hydrogen-bond acceptors (Lipinski definition) is 1. The van der Waals surface area contributed by atoms with Gasteiger partial charge in [0, 0.05) is 17.1 Å². The van der Waals surface area contributed by atoms with Crippen molar-refractivity contribution in [3.05, 3.63) is 33.8 Å². The van der Waals surface area contributed by atoms with Gasteiger partial charge in [0.2, 0.25) is 0 Å². The smallest absolute Gasteiger partial charge is 0.0213 e. The SMILES string of the molecule is Brc1cccc2c1C(CNC1CC1)CC2. The van der Waals surface area contributed by atoms with E-state index in [-0.39, 0.29) is 0 Å². The molecule has 0 saturated heterocycles. The summed E-state index contributed by atoms with van der Waals surface area (Å²) in [5.74, 6) is 0.733. The molecular formula is C13H16BrN. The average molecular weight is 266 g/mol. The summed E-state index contributed by atoms with van der Waals surface area (Å²) in [5, 5.41) is 3.65. The van der Waals surface area contributed by atoms with Crippen LogP contribution in [0.5, 0.6) is 0 Å². The second-order valence-electron chi connectivity index (χ2n) is 4.73. The van der Waals surface area contributed by atoms with Crippen molar-refractivity contribution in [2.45, 2.75) is 37.6 Å². The third kappa shape index (κ3) is 1.98. The third-order valence-corrected chi connectivity index (χ3v) is 4.24. The first-order valence-electron chi connectivity index (χ1n) is 5.85. The lowest BCUT2D eigenvalue weighted by Gasteiger charge is -2.13. The zero-order chi connectivity index (χ0) is 10.3. The number of halogens is 1. The molecule has 3 rings (SSSR count). The monoisotopic (exact) mass is 265 g/mol. The first-order valence-corrected chi connectivity index (χ1v) is 6.64.